The number of hydrogen-bond acceptors (Lipinski definition) is 2. The van der Waals surface area contributed by atoms with Crippen LogP contribution < -0.4 is 0 Å². The number of carbonyl (C=O) groups is 1. The number of rotatable bonds is 6. The lowest BCUT2D eigenvalue weighted by Crippen LogP contribution is -2.38. The Morgan fingerprint density at radius 1 is 0.923 bits per heavy atom. The highest BCUT2D eigenvalue weighted by atomic mass is 31.1. The summed E-state index contributed by atoms with van der Waals surface area (Å²) >= 11 is 0. The molecule has 0 bridgehead atoms. The van der Waals surface area contributed by atoms with Crippen molar-refractivity contribution in [3.05, 3.63) is 0 Å². The van der Waals surface area contributed by atoms with Crippen molar-refractivity contribution in [1.82, 2.24) is 4.67 Å². The van der Waals surface area contributed by atoms with Gasteiger partial charge in [0.05, 0.1) is 11.6 Å². The van der Waals surface area contributed by atoms with Crippen molar-refractivity contribution in [2.45, 2.75) is 125 Å². The van der Waals surface area contributed by atoms with E-state index in [0.29, 0.717) is 20.8 Å². The fourth-order valence-electron chi connectivity index (χ4n) is 6.23. The summed E-state index contributed by atoms with van der Waals surface area (Å²) in [5, 5.41) is 0. The summed E-state index contributed by atoms with van der Waals surface area (Å²) in [6, 6.07) is 0. The molecule has 3 unspecified atom stereocenters. The van der Waals surface area contributed by atoms with Gasteiger partial charge in [-0.05, 0) is 56.3 Å². The lowest BCUT2D eigenvalue weighted by Gasteiger charge is -2.41. The molecular weight excluding hydrogens is 360 g/mol. The molecule has 5 fully saturated rings. The molecule has 0 aromatic rings. The van der Waals surface area contributed by atoms with Crippen LogP contribution in [-0.2, 0) is 9.32 Å². The molecule has 26 heavy (non-hydrogen) atoms. The number of hydrogen-bond donors (Lipinski definition) is 0. The van der Waals surface area contributed by atoms with E-state index in [9.17, 15) is 4.79 Å². The van der Waals surface area contributed by atoms with Crippen LogP contribution in [0.3, 0.4) is 0 Å². The van der Waals surface area contributed by atoms with Crippen molar-refractivity contribution in [3.8, 4) is 0 Å². The second-order valence-electron chi connectivity index (χ2n) is 9.48. The summed E-state index contributed by atoms with van der Waals surface area (Å²) in [5.74, 6) is 0.491. The van der Waals surface area contributed by atoms with Crippen LogP contribution in [0.5, 0.6) is 0 Å². The molecule has 0 aromatic carbocycles. The Labute approximate surface area is 162 Å². The highest BCUT2D eigenvalue weighted by Gasteiger charge is 2.66. The first-order valence-corrected chi connectivity index (χ1v) is 13.7. The Kier molecular flexibility index (Phi) is 5.36. The minimum absolute atomic E-state index is 0.138. The fraction of sp³-hybridized carbons (Fsp3) is 0.952. The van der Waals surface area contributed by atoms with Crippen LogP contribution in [0, 0.1) is 0 Å². The Balaban J connectivity index is 1.32. The van der Waals surface area contributed by atoms with E-state index >= 15 is 0 Å². The van der Waals surface area contributed by atoms with E-state index in [-0.39, 0.29) is 13.6 Å². The first-order valence-electron chi connectivity index (χ1n) is 11.3. The highest BCUT2D eigenvalue weighted by Crippen LogP contribution is 2.69. The van der Waals surface area contributed by atoms with Crippen molar-refractivity contribution in [3.63, 3.8) is 0 Å². The Hall–Kier alpha value is 0.290. The summed E-state index contributed by atoms with van der Waals surface area (Å²) < 4.78 is 9.00. The third kappa shape index (κ3) is 3.29. The Bertz CT molecular complexity index is 510. The van der Waals surface area contributed by atoms with Crippen LogP contribution >= 0.6 is 16.9 Å². The average molecular weight is 395 g/mol. The smallest absolute Gasteiger partial charge is 0.226 e. The normalized spacial score (nSPS) is 36.9. The molecule has 1 saturated heterocycles. The molecule has 1 spiro atoms. The molecule has 5 rings (SSSR count). The van der Waals surface area contributed by atoms with Gasteiger partial charge in [0.15, 0.2) is 0 Å². The zero-order valence-electron chi connectivity index (χ0n) is 16.1. The molecule has 146 valence electrons. The predicted molar refractivity (Wildman–Crippen MR) is 110 cm³/mol. The summed E-state index contributed by atoms with van der Waals surface area (Å²) in [5.41, 5.74) is 2.64. The second kappa shape index (κ2) is 7.61. The van der Waals surface area contributed by atoms with Gasteiger partial charge in [0.1, 0.15) is 0 Å². The van der Waals surface area contributed by atoms with Crippen molar-refractivity contribution in [2.75, 3.05) is 0 Å². The van der Waals surface area contributed by atoms with Gasteiger partial charge in [0.2, 0.25) is 5.91 Å². The first kappa shape index (κ1) is 18.3. The summed E-state index contributed by atoms with van der Waals surface area (Å²) in [4.78, 5) is 13.1. The highest BCUT2D eigenvalue weighted by molar-refractivity contribution is 7.57. The van der Waals surface area contributed by atoms with E-state index in [1.165, 1.54) is 77.0 Å². The number of amides is 1. The molecular formula is C21H35NO2P2. The van der Waals surface area contributed by atoms with Crippen LogP contribution in [0.4, 0.5) is 0 Å². The molecule has 1 amide bonds. The van der Waals surface area contributed by atoms with Gasteiger partial charge in [0.25, 0.3) is 0 Å². The monoisotopic (exact) mass is 395 g/mol. The van der Waals surface area contributed by atoms with Crippen molar-refractivity contribution in [1.29, 1.82) is 0 Å². The minimum atomic E-state index is -0.270. The van der Waals surface area contributed by atoms with Gasteiger partial charge in [-0.25, -0.2) is 0 Å². The third-order valence-corrected chi connectivity index (χ3v) is 12.7. The van der Waals surface area contributed by atoms with Gasteiger partial charge in [0, 0.05) is 35.4 Å². The third-order valence-electron chi connectivity index (χ3n) is 7.77. The zero-order valence-corrected chi connectivity index (χ0v) is 18.0. The molecule has 0 aromatic heterocycles. The molecule has 3 atom stereocenters. The molecule has 5 aliphatic rings. The van der Waals surface area contributed by atoms with E-state index in [1.54, 1.807) is 0 Å². The molecule has 1 heterocycles. The minimum Gasteiger partial charge on any atom is -0.356 e. The van der Waals surface area contributed by atoms with E-state index < -0.39 is 0 Å². The van der Waals surface area contributed by atoms with Crippen LogP contribution in [0.15, 0.2) is 0 Å². The molecule has 1 aliphatic heterocycles. The Morgan fingerprint density at radius 2 is 1.50 bits per heavy atom. The van der Waals surface area contributed by atoms with Crippen LogP contribution in [0.2, 0.25) is 0 Å². The first-order chi connectivity index (χ1) is 12.8. The van der Waals surface area contributed by atoms with Crippen molar-refractivity contribution in [2.24, 2.45) is 0 Å². The average Bonchev–Trinajstić information content (AvgIpc) is 3.27. The maximum absolute atomic E-state index is 13.1. The predicted octanol–water partition coefficient (Wildman–Crippen LogP) is 5.95. The molecule has 4 saturated carbocycles. The molecule has 5 heteroatoms. The van der Waals surface area contributed by atoms with Gasteiger partial charge in [-0.3, -0.25) is 4.79 Å². The van der Waals surface area contributed by atoms with Gasteiger partial charge < -0.3 is 9.19 Å². The van der Waals surface area contributed by atoms with Gasteiger partial charge in [-0.1, -0.05) is 38.5 Å². The van der Waals surface area contributed by atoms with Crippen LogP contribution in [0.25, 0.3) is 0 Å². The van der Waals surface area contributed by atoms with E-state index in [4.69, 9.17) is 4.52 Å². The van der Waals surface area contributed by atoms with Crippen molar-refractivity contribution >= 4 is 22.8 Å². The zero-order chi connectivity index (χ0) is 17.6. The Morgan fingerprint density at radius 3 is 2.12 bits per heavy atom. The van der Waals surface area contributed by atoms with Crippen molar-refractivity contribution < 1.29 is 9.32 Å². The van der Waals surface area contributed by atoms with Gasteiger partial charge in [-0.2, -0.15) is 0 Å². The number of nitrogens with zero attached hydrogens (tertiary/aromatic N) is 1. The fourth-order valence-corrected chi connectivity index (χ4v) is 11.7. The summed E-state index contributed by atoms with van der Waals surface area (Å²) in [7, 11) is 0.419. The second-order valence-corrected chi connectivity index (χ2v) is 13.4. The molecule has 3 nitrogen and oxygen atoms in total. The number of carbonyl (C=O) groups excluding carboxylic acids is 1. The lowest BCUT2D eigenvalue weighted by atomic mass is 10.2. The van der Waals surface area contributed by atoms with E-state index in [1.807, 2.05) is 0 Å². The van der Waals surface area contributed by atoms with Gasteiger partial charge >= 0.3 is 0 Å². The standard InChI is InChI=1S/C21H35NO2P2/c23-20-13-14-21(15-19(21)24-25-16-7-1-2-8-16)22(20)26(17-9-3-4-10-17)18-11-5-6-12-18/h16-19,25H,1-15H2. The SMILES string of the molecule is O=C1CCC2(CC2OPC2CCCC2)N1P(C1CCCC1)C1CCCC1. The molecule has 0 N–H and O–H groups in total. The molecule has 0 radical (unpaired) electrons. The van der Waals surface area contributed by atoms with E-state index in [0.717, 1.165) is 36.2 Å². The quantitative estimate of drug-likeness (QED) is 0.520. The topological polar surface area (TPSA) is 29.5 Å². The summed E-state index contributed by atoms with van der Waals surface area (Å²) in [6.07, 6.45) is 20.1. The maximum atomic E-state index is 13.1. The molecule has 4 aliphatic carbocycles. The van der Waals surface area contributed by atoms with Gasteiger partial charge in [-0.15, -0.1) is 0 Å². The van der Waals surface area contributed by atoms with Crippen LogP contribution in [0.1, 0.15) is 96.3 Å². The lowest BCUT2D eigenvalue weighted by molar-refractivity contribution is -0.124. The maximum Gasteiger partial charge on any atom is 0.226 e. The van der Waals surface area contributed by atoms with Crippen LogP contribution in [-0.4, -0.2) is 39.2 Å². The largest absolute Gasteiger partial charge is 0.356 e. The summed E-state index contributed by atoms with van der Waals surface area (Å²) in [6.45, 7) is 0. The van der Waals surface area contributed by atoms with E-state index in [2.05, 4.69) is 4.67 Å².